The van der Waals surface area contributed by atoms with Crippen molar-refractivity contribution in [3.8, 4) is 0 Å². The third-order valence-electron chi connectivity index (χ3n) is 2.89. The van der Waals surface area contributed by atoms with Gasteiger partial charge in [0.2, 0.25) is 5.91 Å². The molecule has 0 aliphatic heterocycles. The molecule has 1 heterocycles. The van der Waals surface area contributed by atoms with Gasteiger partial charge < -0.3 is 5.32 Å². The van der Waals surface area contributed by atoms with Gasteiger partial charge in [0, 0.05) is 24.9 Å². The molecule has 0 aliphatic rings. The monoisotopic (exact) mass is 310 g/mol. The van der Waals surface area contributed by atoms with E-state index in [1.54, 1.807) is 0 Å². The van der Waals surface area contributed by atoms with Gasteiger partial charge in [-0.25, -0.2) is 18.7 Å². The first-order chi connectivity index (χ1) is 10.5. The summed E-state index contributed by atoms with van der Waals surface area (Å²) < 4.78 is 26.7. The van der Waals surface area contributed by atoms with Gasteiger partial charge in [0.25, 0.3) is 5.56 Å². The van der Waals surface area contributed by atoms with Crippen molar-refractivity contribution < 1.29 is 13.6 Å². The molecule has 0 fully saturated rings. The second-order valence-corrected chi connectivity index (χ2v) is 4.43. The van der Waals surface area contributed by atoms with Crippen molar-refractivity contribution in [2.45, 2.75) is 19.4 Å². The normalized spacial score (nSPS) is 10.5. The molecule has 3 N–H and O–H groups in total. The maximum Gasteiger partial charge on any atom is 0.342 e. The van der Waals surface area contributed by atoms with Gasteiger partial charge in [-0.2, -0.15) is 5.10 Å². The quantitative estimate of drug-likeness (QED) is 0.721. The Morgan fingerprint density at radius 3 is 2.55 bits per heavy atom. The van der Waals surface area contributed by atoms with Crippen molar-refractivity contribution in [1.82, 2.24) is 20.5 Å². The third-order valence-corrected chi connectivity index (χ3v) is 2.89. The summed E-state index contributed by atoms with van der Waals surface area (Å²) in [6.45, 7) is -0.299. The highest BCUT2D eigenvalue weighted by molar-refractivity contribution is 5.76. The number of benzene rings is 1. The minimum absolute atomic E-state index is 0.00757. The summed E-state index contributed by atoms with van der Waals surface area (Å²) >= 11 is 0. The highest BCUT2D eigenvalue weighted by Gasteiger charge is 2.11. The Bertz CT molecular complexity index is 780. The molecular weight excluding hydrogens is 298 g/mol. The van der Waals surface area contributed by atoms with Crippen molar-refractivity contribution in [3.05, 3.63) is 61.9 Å². The van der Waals surface area contributed by atoms with E-state index < -0.39 is 28.8 Å². The van der Waals surface area contributed by atoms with Crippen molar-refractivity contribution in [3.63, 3.8) is 0 Å². The maximum absolute atomic E-state index is 13.4. The number of carbonyl (C=O) groups excluding carboxylic acids is 1. The first-order valence-corrected chi connectivity index (χ1v) is 6.35. The second kappa shape index (κ2) is 6.74. The first kappa shape index (κ1) is 15.5. The number of aryl methyl sites for hydroxylation is 1. The number of aromatic amines is 2. The number of hydrogen-bond donors (Lipinski definition) is 3. The Balaban J connectivity index is 1.91. The third kappa shape index (κ3) is 3.84. The van der Waals surface area contributed by atoms with Crippen LogP contribution in [-0.4, -0.2) is 21.1 Å². The molecular formula is C13H12F2N4O3. The smallest absolute Gasteiger partial charge is 0.342 e. The zero-order valence-corrected chi connectivity index (χ0v) is 11.3. The molecule has 2 aromatic rings. The van der Waals surface area contributed by atoms with Crippen molar-refractivity contribution in [2.24, 2.45) is 0 Å². The summed E-state index contributed by atoms with van der Waals surface area (Å²) in [5.41, 5.74) is -1.67. The molecule has 22 heavy (non-hydrogen) atoms. The van der Waals surface area contributed by atoms with Crippen LogP contribution in [0.2, 0.25) is 0 Å². The standard InChI is InChI=1S/C13H12F2N4O3/c14-8-2-1-3-9(15)7(8)6-16-11(20)5-4-10-12(21)17-13(22)19-18-10/h1-3H,4-6H2,(H,16,20)(H2,17,19,21,22). The molecule has 9 heteroatoms. The van der Waals surface area contributed by atoms with Crippen molar-refractivity contribution >= 4 is 5.91 Å². The molecule has 0 saturated heterocycles. The van der Waals surface area contributed by atoms with Crippen LogP contribution in [0.5, 0.6) is 0 Å². The predicted molar refractivity (Wildman–Crippen MR) is 72.0 cm³/mol. The lowest BCUT2D eigenvalue weighted by molar-refractivity contribution is -0.121. The Morgan fingerprint density at radius 1 is 1.23 bits per heavy atom. The Morgan fingerprint density at radius 2 is 1.91 bits per heavy atom. The molecule has 116 valence electrons. The van der Waals surface area contributed by atoms with E-state index in [1.807, 2.05) is 10.1 Å². The molecule has 1 aromatic carbocycles. The average molecular weight is 310 g/mol. The summed E-state index contributed by atoms with van der Waals surface area (Å²) in [4.78, 5) is 35.7. The first-order valence-electron chi connectivity index (χ1n) is 6.35. The lowest BCUT2D eigenvalue weighted by Gasteiger charge is -2.07. The molecule has 0 bridgehead atoms. The zero-order chi connectivity index (χ0) is 16.1. The van der Waals surface area contributed by atoms with Crippen LogP contribution >= 0.6 is 0 Å². The summed E-state index contributed by atoms with van der Waals surface area (Å²) in [5, 5.41) is 7.91. The van der Waals surface area contributed by atoms with E-state index >= 15 is 0 Å². The fourth-order valence-corrected chi connectivity index (χ4v) is 1.75. The van der Waals surface area contributed by atoms with Crippen LogP contribution < -0.4 is 16.6 Å². The summed E-state index contributed by atoms with van der Waals surface area (Å²) in [6, 6.07) is 3.41. The number of aromatic nitrogens is 3. The van der Waals surface area contributed by atoms with E-state index in [2.05, 4.69) is 10.4 Å². The second-order valence-electron chi connectivity index (χ2n) is 4.43. The van der Waals surface area contributed by atoms with Crippen LogP contribution in [0, 0.1) is 11.6 Å². The molecule has 0 aliphatic carbocycles. The number of nitrogens with one attached hydrogen (secondary N) is 3. The number of rotatable bonds is 5. The van der Waals surface area contributed by atoms with Gasteiger partial charge >= 0.3 is 5.69 Å². The molecule has 0 spiro atoms. The van der Waals surface area contributed by atoms with E-state index in [-0.39, 0.29) is 30.6 Å². The van der Waals surface area contributed by atoms with Crippen LogP contribution in [0.1, 0.15) is 17.7 Å². The molecule has 0 atom stereocenters. The van der Waals surface area contributed by atoms with Crippen LogP contribution in [0.15, 0.2) is 27.8 Å². The number of H-pyrrole nitrogens is 2. The van der Waals surface area contributed by atoms with E-state index in [0.717, 1.165) is 12.1 Å². The van der Waals surface area contributed by atoms with Gasteiger partial charge in [0.05, 0.1) is 0 Å². The van der Waals surface area contributed by atoms with Crippen LogP contribution in [0.3, 0.4) is 0 Å². The van der Waals surface area contributed by atoms with Crippen LogP contribution in [0.4, 0.5) is 8.78 Å². The molecule has 7 nitrogen and oxygen atoms in total. The van der Waals surface area contributed by atoms with Crippen LogP contribution in [-0.2, 0) is 17.8 Å². The predicted octanol–water partition coefficient (Wildman–Crippen LogP) is -0.0146. The molecule has 1 aromatic heterocycles. The van der Waals surface area contributed by atoms with Gasteiger partial charge in [-0.05, 0) is 12.1 Å². The number of carbonyl (C=O) groups is 1. The van der Waals surface area contributed by atoms with Crippen molar-refractivity contribution in [1.29, 1.82) is 0 Å². The molecule has 0 radical (unpaired) electrons. The Hall–Kier alpha value is -2.84. The van der Waals surface area contributed by atoms with Crippen LogP contribution in [0.25, 0.3) is 0 Å². The Labute approximate surface area is 122 Å². The maximum atomic E-state index is 13.4. The van der Waals surface area contributed by atoms with E-state index in [0.29, 0.717) is 0 Å². The highest BCUT2D eigenvalue weighted by atomic mass is 19.1. The summed E-state index contributed by atoms with van der Waals surface area (Å²) in [6.07, 6.45) is -0.129. The summed E-state index contributed by atoms with van der Waals surface area (Å²) in [7, 11) is 0. The van der Waals surface area contributed by atoms with E-state index in [4.69, 9.17) is 0 Å². The Kier molecular flexibility index (Phi) is 4.77. The lowest BCUT2D eigenvalue weighted by atomic mass is 10.2. The molecule has 0 unspecified atom stereocenters. The zero-order valence-electron chi connectivity index (χ0n) is 11.3. The average Bonchev–Trinajstić information content (AvgIpc) is 2.46. The van der Waals surface area contributed by atoms with Crippen molar-refractivity contribution in [2.75, 3.05) is 0 Å². The minimum atomic E-state index is -0.751. The fourth-order valence-electron chi connectivity index (χ4n) is 1.75. The van der Waals surface area contributed by atoms with E-state index in [9.17, 15) is 23.2 Å². The van der Waals surface area contributed by atoms with E-state index in [1.165, 1.54) is 6.07 Å². The largest absolute Gasteiger partial charge is 0.352 e. The molecule has 1 amide bonds. The van der Waals surface area contributed by atoms with Gasteiger partial charge in [0.15, 0.2) is 0 Å². The lowest BCUT2D eigenvalue weighted by Crippen LogP contribution is -2.29. The highest BCUT2D eigenvalue weighted by Crippen LogP contribution is 2.11. The minimum Gasteiger partial charge on any atom is -0.352 e. The van der Waals surface area contributed by atoms with Gasteiger partial charge in [-0.3, -0.25) is 14.6 Å². The van der Waals surface area contributed by atoms with Gasteiger partial charge in [-0.1, -0.05) is 6.07 Å². The number of nitrogens with zero attached hydrogens (tertiary/aromatic N) is 1. The van der Waals surface area contributed by atoms with Gasteiger partial charge in [-0.15, -0.1) is 0 Å². The SMILES string of the molecule is O=C(CCc1n[nH]c(=O)[nH]c1=O)NCc1c(F)cccc1F. The molecule has 0 saturated carbocycles. The molecule has 2 rings (SSSR count). The number of hydrogen-bond acceptors (Lipinski definition) is 4. The number of amides is 1. The fraction of sp³-hybridized carbons (Fsp3) is 0.231. The summed E-state index contributed by atoms with van der Waals surface area (Å²) in [5.74, 6) is -2.01. The van der Waals surface area contributed by atoms with Gasteiger partial charge in [0.1, 0.15) is 17.3 Å². The topological polar surface area (TPSA) is 108 Å². The number of halogens is 2.